The average molecular weight is 419 g/mol. The fraction of sp³-hybridized carbons (Fsp3) is 0.400. The molecule has 0 fully saturated rings. The maximum absolute atomic E-state index is 12.7. The molecule has 8 nitrogen and oxygen atoms in total. The Morgan fingerprint density at radius 2 is 1.93 bits per heavy atom. The number of hydrogen-bond donors (Lipinski definition) is 2. The lowest BCUT2D eigenvalue weighted by Crippen LogP contribution is -2.40. The zero-order chi connectivity index (χ0) is 21.1. The quantitative estimate of drug-likeness (QED) is 0.581. The Balaban J connectivity index is 1.94. The van der Waals surface area contributed by atoms with E-state index < -0.39 is 0 Å². The summed E-state index contributed by atoms with van der Waals surface area (Å²) < 4.78 is 5.05. The van der Waals surface area contributed by atoms with Crippen LogP contribution in [0.1, 0.15) is 29.4 Å². The van der Waals surface area contributed by atoms with E-state index in [4.69, 9.17) is 4.74 Å². The Hall–Kier alpha value is -2.78. The van der Waals surface area contributed by atoms with Gasteiger partial charge in [-0.05, 0) is 18.6 Å². The lowest BCUT2D eigenvalue weighted by atomic mass is 10.2. The van der Waals surface area contributed by atoms with Gasteiger partial charge in [0.1, 0.15) is 6.54 Å². The highest BCUT2D eigenvalue weighted by atomic mass is 32.1. The number of nitrogens with one attached hydrogen (secondary N) is 2. The van der Waals surface area contributed by atoms with E-state index in [0.29, 0.717) is 36.1 Å². The van der Waals surface area contributed by atoms with Crippen molar-refractivity contribution >= 4 is 34.2 Å². The van der Waals surface area contributed by atoms with Crippen molar-refractivity contribution in [1.29, 1.82) is 0 Å². The molecule has 156 valence electrons. The van der Waals surface area contributed by atoms with Gasteiger partial charge in [0.15, 0.2) is 5.13 Å². The first-order valence-electron chi connectivity index (χ1n) is 9.37. The van der Waals surface area contributed by atoms with Gasteiger partial charge in [0.25, 0.3) is 5.91 Å². The largest absolute Gasteiger partial charge is 0.383 e. The summed E-state index contributed by atoms with van der Waals surface area (Å²) in [6, 6.07) is 8.78. The van der Waals surface area contributed by atoms with Gasteiger partial charge in [0.2, 0.25) is 11.8 Å². The molecule has 1 heterocycles. The molecule has 1 aromatic heterocycles. The third-order valence-electron chi connectivity index (χ3n) is 3.92. The molecule has 0 aliphatic carbocycles. The number of carbonyl (C=O) groups is 3. The number of aromatic nitrogens is 1. The highest BCUT2D eigenvalue weighted by Gasteiger charge is 2.19. The molecule has 0 saturated carbocycles. The molecular weight excluding hydrogens is 392 g/mol. The van der Waals surface area contributed by atoms with Crippen LogP contribution in [0.5, 0.6) is 0 Å². The van der Waals surface area contributed by atoms with Crippen LogP contribution in [0.15, 0.2) is 35.7 Å². The van der Waals surface area contributed by atoms with Gasteiger partial charge in [-0.15, -0.1) is 11.3 Å². The molecule has 0 atom stereocenters. The van der Waals surface area contributed by atoms with Gasteiger partial charge in [-0.25, -0.2) is 4.98 Å². The Kier molecular flexibility index (Phi) is 9.26. The number of anilines is 1. The maximum Gasteiger partial charge on any atom is 0.254 e. The Labute approximate surface area is 174 Å². The van der Waals surface area contributed by atoms with Gasteiger partial charge in [-0.1, -0.05) is 25.1 Å². The van der Waals surface area contributed by atoms with E-state index in [9.17, 15) is 14.4 Å². The van der Waals surface area contributed by atoms with Gasteiger partial charge >= 0.3 is 0 Å². The number of carbonyl (C=O) groups excluding carboxylic acids is 3. The SMILES string of the molecule is CCCNC(=O)Cc1csc(NC(=O)CN(CCOC)C(=O)c2ccccc2)n1. The van der Waals surface area contributed by atoms with Crippen LogP contribution in [0.4, 0.5) is 5.13 Å². The molecule has 2 rings (SSSR count). The first-order chi connectivity index (χ1) is 14.0. The lowest BCUT2D eigenvalue weighted by molar-refractivity contribution is -0.120. The Morgan fingerprint density at radius 1 is 1.17 bits per heavy atom. The van der Waals surface area contributed by atoms with E-state index >= 15 is 0 Å². The molecule has 1 aromatic carbocycles. The smallest absolute Gasteiger partial charge is 0.254 e. The summed E-state index contributed by atoms with van der Waals surface area (Å²) in [6.45, 7) is 3.09. The van der Waals surface area contributed by atoms with E-state index in [2.05, 4.69) is 15.6 Å². The predicted octanol–water partition coefficient (Wildman–Crippen LogP) is 1.94. The second-order valence-electron chi connectivity index (χ2n) is 6.30. The standard InChI is InChI=1S/C20H26N4O4S/c1-3-9-21-17(25)12-16-14-29-20(22-16)23-18(26)13-24(10-11-28-2)19(27)15-7-5-4-6-8-15/h4-8,14H,3,9-13H2,1-2H3,(H,21,25)(H,22,23,26). The summed E-state index contributed by atoms with van der Waals surface area (Å²) in [4.78, 5) is 42.6. The number of hydrogen-bond acceptors (Lipinski definition) is 6. The molecular formula is C20H26N4O4S. The zero-order valence-electron chi connectivity index (χ0n) is 16.6. The molecule has 2 aromatic rings. The third kappa shape index (κ3) is 7.63. The minimum atomic E-state index is -0.360. The highest BCUT2D eigenvalue weighted by Crippen LogP contribution is 2.16. The molecule has 9 heteroatoms. The van der Waals surface area contributed by atoms with Gasteiger partial charge in [0.05, 0.1) is 18.7 Å². The van der Waals surface area contributed by atoms with Crippen molar-refractivity contribution in [1.82, 2.24) is 15.2 Å². The lowest BCUT2D eigenvalue weighted by Gasteiger charge is -2.21. The van der Waals surface area contributed by atoms with Crippen molar-refractivity contribution in [2.24, 2.45) is 0 Å². The highest BCUT2D eigenvalue weighted by molar-refractivity contribution is 7.13. The fourth-order valence-corrected chi connectivity index (χ4v) is 3.21. The van der Waals surface area contributed by atoms with Gasteiger partial charge in [0, 0.05) is 31.1 Å². The summed E-state index contributed by atoms with van der Waals surface area (Å²) >= 11 is 1.24. The van der Waals surface area contributed by atoms with Crippen molar-refractivity contribution in [2.45, 2.75) is 19.8 Å². The van der Waals surface area contributed by atoms with Crippen LogP contribution < -0.4 is 10.6 Å². The summed E-state index contributed by atoms with van der Waals surface area (Å²) in [6.07, 6.45) is 1.03. The molecule has 2 N–H and O–H groups in total. The molecule has 0 aliphatic rings. The summed E-state index contributed by atoms with van der Waals surface area (Å²) in [7, 11) is 1.54. The summed E-state index contributed by atoms with van der Waals surface area (Å²) in [5, 5.41) is 7.61. The number of methoxy groups -OCH3 is 1. The molecule has 0 radical (unpaired) electrons. The van der Waals surface area contributed by atoms with E-state index in [1.807, 2.05) is 13.0 Å². The molecule has 3 amide bonds. The van der Waals surface area contributed by atoms with Gasteiger partial charge in [-0.3, -0.25) is 14.4 Å². The van der Waals surface area contributed by atoms with Crippen molar-refractivity contribution in [3.05, 3.63) is 47.0 Å². The normalized spacial score (nSPS) is 10.4. The number of amides is 3. The second kappa shape index (κ2) is 11.9. The minimum Gasteiger partial charge on any atom is -0.383 e. The molecule has 0 unspecified atom stereocenters. The minimum absolute atomic E-state index is 0.103. The molecule has 0 bridgehead atoms. The van der Waals surface area contributed by atoms with Crippen LogP contribution in [0.3, 0.4) is 0 Å². The summed E-state index contributed by atoms with van der Waals surface area (Å²) in [5.74, 6) is -0.707. The average Bonchev–Trinajstić information content (AvgIpc) is 3.16. The van der Waals surface area contributed by atoms with Gasteiger partial charge in [-0.2, -0.15) is 0 Å². The molecule has 29 heavy (non-hydrogen) atoms. The predicted molar refractivity (Wildman–Crippen MR) is 112 cm³/mol. The van der Waals surface area contributed by atoms with E-state index in [0.717, 1.165) is 6.42 Å². The van der Waals surface area contributed by atoms with Crippen LogP contribution in [-0.4, -0.2) is 61.0 Å². The van der Waals surface area contributed by atoms with Crippen molar-refractivity contribution in [3.63, 3.8) is 0 Å². The van der Waals surface area contributed by atoms with Crippen LogP contribution in [0.2, 0.25) is 0 Å². The van der Waals surface area contributed by atoms with Crippen LogP contribution in [-0.2, 0) is 20.7 Å². The van der Waals surface area contributed by atoms with Gasteiger partial charge < -0.3 is 20.3 Å². The topological polar surface area (TPSA) is 101 Å². The number of benzene rings is 1. The number of thiazole rings is 1. The second-order valence-corrected chi connectivity index (χ2v) is 7.16. The monoisotopic (exact) mass is 418 g/mol. The van der Waals surface area contributed by atoms with E-state index in [1.165, 1.54) is 16.2 Å². The van der Waals surface area contributed by atoms with Crippen LogP contribution >= 0.6 is 11.3 Å². The van der Waals surface area contributed by atoms with Crippen molar-refractivity contribution in [3.8, 4) is 0 Å². The number of nitrogens with zero attached hydrogens (tertiary/aromatic N) is 2. The molecule has 0 saturated heterocycles. The zero-order valence-corrected chi connectivity index (χ0v) is 17.5. The van der Waals surface area contributed by atoms with E-state index in [-0.39, 0.29) is 30.7 Å². The van der Waals surface area contributed by atoms with Crippen LogP contribution in [0, 0.1) is 0 Å². The van der Waals surface area contributed by atoms with Crippen molar-refractivity contribution < 1.29 is 19.1 Å². The Bertz CT molecular complexity index is 810. The van der Waals surface area contributed by atoms with Crippen molar-refractivity contribution in [2.75, 3.05) is 38.7 Å². The fourth-order valence-electron chi connectivity index (χ4n) is 2.49. The third-order valence-corrected chi connectivity index (χ3v) is 4.73. The maximum atomic E-state index is 12.7. The van der Waals surface area contributed by atoms with Crippen LogP contribution in [0.25, 0.3) is 0 Å². The number of rotatable bonds is 11. The number of ether oxygens (including phenoxy) is 1. The van der Waals surface area contributed by atoms with E-state index in [1.54, 1.807) is 36.8 Å². The first kappa shape index (κ1) is 22.5. The molecule has 0 aliphatic heterocycles. The Morgan fingerprint density at radius 3 is 2.62 bits per heavy atom. The summed E-state index contributed by atoms with van der Waals surface area (Å²) in [5.41, 5.74) is 1.10. The first-order valence-corrected chi connectivity index (χ1v) is 10.3. The molecule has 0 spiro atoms.